The molecule has 114 valence electrons. The summed E-state index contributed by atoms with van der Waals surface area (Å²) in [6, 6.07) is 14.0. The van der Waals surface area contributed by atoms with Gasteiger partial charge in [0.1, 0.15) is 0 Å². The second kappa shape index (κ2) is 6.62. The quantitative estimate of drug-likeness (QED) is 0.868. The summed E-state index contributed by atoms with van der Waals surface area (Å²) >= 11 is 5.83. The lowest BCUT2D eigenvalue weighted by Gasteiger charge is -2.20. The fraction of sp³-hybridized carbons (Fsp3) is 0.176. The van der Waals surface area contributed by atoms with Gasteiger partial charge in [-0.25, -0.2) is 0 Å². The van der Waals surface area contributed by atoms with Crippen molar-refractivity contribution >= 4 is 34.8 Å². The molecule has 0 fully saturated rings. The van der Waals surface area contributed by atoms with Crippen LogP contribution in [-0.4, -0.2) is 25.9 Å². The average molecular weight is 317 g/mol. The molecule has 0 aromatic heterocycles. The number of hydrogen-bond donors (Lipinski definition) is 0. The van der Waals surface area contributed by atoms with Gasteiger partial charge in [-0.15, -0.1) is 0 Å². The van der Waals surface area contributed by atoms with Crippen molar-refractivity contribution in [3.63, 3.8) is 0 Å². The number of carbonyl (C=O) groups is 2. The molecule has 0 spiro atoms. The summed E-state index contributed by atoms with van der Waals surface area (Å²) in [5.41, 5.74) is 2.10. The number of rotatable bonds is 3. The van der Waals surface area contributed by atoms with Gasteiger partial charge in [-0.3, -0.25) is 9.59 Å². The number of anilines is 2. The van der Waals surface area contributed by atoms with Crippen LogP contribution in [0.5, 0.6) is 0 Å². The Hall–Kier alpha value is -2.33. The van der Waals surface area contributed by atoms with Crippen molar-refractivity contribution in [1.29, 1.82) is 0 Å². The molecule has 0 bridgehead atoms. The van der Waals surface area contributed by atoms with Gasteiger partial charge >= 0.3 is 0 Å². The molecule has 4 nitrogen and oxygen atoms in total. The van der Waals surface area contributed by atoms with Gasteiger partial charge in [-0.1, -0.05) is 11.6 Å². The summed E-state index contributed by atoms with van der Waals surface area (Å²) in [4.78, 5) is 26.8. The average Bonchev–Trinajstić information content (AvgIpc) is 2.53. The van der Waals surface area contributed by atoms with Crippen LogP contribution in [0.2, 0.25) is 5.02 Å². The van der Waals surface area contributed by atoms with Crippen molar-refractivity contribution in [2.24, 2.45) is 0 Å². The molecule has 0 heterocycles. The second-order valence-corrected chi connectivity index (χ2v) is 5.40. The molecule has 0 saturated carbocycles. The highest BCUT2D eigenvalue weighted by atomic mass is 35.5. The molecule has 2 aromatic rings. The maximum Gasteiger partial charge on any atom is 0.258 e. The van der Waals surface area contributed by atoms with Crippen LogP contribution in [0, 0.1) is 0 Å². The van der Waals surface area contributed by atoms with E-state index in [0.29, 0.717) is 10.6 Å². The Kier molecular flexibility index (Phi) is 4.83. The van der Waals surface area contributed by atoms with E-state index in [4.69, 9.17) is 11.6 Å². The molecule has 5 heteroatoms. The van der Waals surface area contributed by atoms with E-state index >= 15 is 0 Å². The van der Waals surface area contributed by atoms with E-state index in [1.54, 1.807) is 48.2 Å². The lowest BCUT2D eigenvalue weighted by atomic mass is 10.2. The zero-order chi connectivity index (χ0) is 16.3. The molecule has 0 aliphatic heterocycles. The van der Waals surface area contributed by atoms with Gasteiger partial charge in [0.25, 0.3) is 5.91 Å². The SMILES string of the molecule is CC(=O)N(C)c1ccc(N(C)C(=O)c2ccc(Cl)cc2)cc1. The van der Waals surface area contributed by atoms with Crippen LogP contribution >= 0.6 is 11.6 Å². The predicted octanol–water partition coefficient (Wildman–Crippen LogP) is 3.60. The van der Waals surface area contributed by atoms with Crippen molar-refractivity contribution in [2.45, 2.75) is 6.92 Å². The lowest BCUT2D eigenvalue weighted by molar-refractivity contribution is -0.116. The summed E-state index contributed by atoms with van der Waals surface area (Å²) in [6.07, 6.45) is 0. The fourth-order valence-corrected chi connectivity index (χ4v) is 2.11. The molecule has 22 heavy (non-hydrogen) atoms. The van der Waals surface area contributed by atoms with Crippen LogP contribution in [0.25, 0.3) is 0 Å². The second-order valence-electron chi connectivity index (χ2n) is 4.97. The normalized spacial score (nSPS) is 10.2. The van der Waals surface area contributed by atoms with Gasteiger partial charge in [0, 0.05) is 43.0 Å². The van der Waals surface area contributed by atoms with Crippen molar-refractivity contribution < 1.29 is 9.59 Å². The fourth-order valence-electron chi connectivity index (χ4n) is 1.99. The number of nitrogens with zero attached hydrogens (tertiary/aromatic N) is 2. The Balaban J connectivity index is 2.18. The van der Waals surface area contributed by atoms with Crippen LogP contribution < -0.4 is 9.80 Å². The standard InChI is InChI=1S/C17H17ClN2O2/c1-12(21)19(2)15-8-10-16(11-9-15)20(3)17(22)13-4-6-14(18)7-5-13/h4-11H,1-3H3. The topological polar surface area (TPSA) is 40.6 Å². The van der Waals surface area contributed by atoms with E-state index in [0.717, 1.165) is 11.4 Å². The molecule has 0 radical (unpaired) electrons. The number of halogens is 1. The number of carbonyl (C=O) groups excluding carboxylic acids is 2. The molecular formula is C17H17ClN2O2. The molecule has 0 saturated heterocycles. The monoisotopic (exact) mass is 316 g/mol. The highest BCUT2D eigenvalue weighted by Gasteiger charge is 2.14. The number of amides is 2. The van der Waals surface area contributed by atoms with Crippen LogP contribution in [-0.2, 0) is 4.79 Å². The van der Waals surface area contributed by atoms with Gasteiger partial charge in [0.05, 0.1) is 0 Å². The Morgan fingerprint density at radius 2 is 1.27 bits per heavy atom. The first kappa shape index (κ1) is 16.0. The maximum absolute atomic E-state index is 12.4. The van der Waals surface area contributed by atoms with Gasteiger partial charge in [-0.2, -0.15) is 0 Å². The largest absolute Gasteiger partial charge is 0.316 e. The molecule has 0 unspecified atom stereocenters. The molecular weight excluding hydrogens is 300 g/mol. The van der Waals surface area contributed by atoms with Crippen molar-refractivity contribution in [3.05, 3.63) is 59.1 Å². The smallest absolute Gasteiger partial charge is 0.258 e. The number of hydrogen-bond acceptors (Lipinski definition) is 2. The van der Waals surface area contributed by atoms with E-state index < -0.39 is 0 Å². The zero-order valence-electron chi connectivity index (χ0n) is 12.7. The van der Waals surface area contributed by atoms with Crippen LogP contribution in [0.3, 0.4) is 0 Å². The molecule has 2 amide bonds. The molecule has 2 rings (SSSR count). The molecule has 0 N–H and O–H groups in total. The first-order valence-electron chi connectivity index (χ1n) is 6.78. The summed E-state index contributed by atoms with van der Waals surface area (Å²) in [7, 11) is 3.42. The van der Waals surface area contributed by atoms with Crippen LogP contribution in [0.15, 0.2) is 48.5 Å². The van der Waals surface area contributed by atoms with Gasteiger partial charge in [-0.05, 0) is 48.5 Å². The van der Waals surface area contributed by atoms with E-state index in [1.165, 1.54) is 6.92 Å². The third-order valence-corrected chi connectivity index (χ3v) is 3.74. The number of benzene rings is 2. The predicted molar refractivity (Wildman–Crippen MR) is 89.7 cm³/mol. The maximum atomic E-state index is 12.4. The van der Waals surface area contributed by atoms with E-state index in [2.05, 4.69) is 0 Å². The lowest BCUT2D eigenvalue weighted by Crippen LogP contribution is -2.26. The third kappa shape index (κ3) is 3.46. The highest BCUT2D eigenvalue weighted by Crippen LogP contribution is 2.21. The van der Waals surface area contributed by atoms with E-state index in [9.17, 15) is 9.59 Å². The minimum atomic E-state index is -0.121. The summed E-state index contributed by atoms with van der Waals surface area (Å²) in [5.74, 6) is -0.164. The zero-order valence-corrected chi connectivity index (χ0v) is 13.5. The van der Waals surface area contributed by atoms with Crippen LogP contribution in [0.1, 0.15) is 17.3 Å². The Morgan fingerprint density at radius 1 is 0.818 bits per heavy atom. The van der Waals surface area contributed by atoms with Gasteiger partial charge < -0.3 is 9.80 Å². The first-order chi connectivity index (χ1) is 10.4. The Labute approximate surface area is 134 Å². The third-order valence-electron chi connectivity index (χ3n) is 3.49. The first-order valence-corrected chi connectivity index (χ1v) is 7.16. The molecule has 0 aliphatic rings. The van der Waals surface area contributed by atoms with E-state index in [1.807, 2.05) is 24.3 Å². The molecule has 0 atom stereocenters. The minimum absolute atomic E-state index is 0.0432. The van der Waals surface area contributed by atoms with Crippen molar-refractivity contribution in [3.8, 4) is 0 Å². The highest BCUT2D eigenvalue weighted by molar-refractivity contribution is 6.30. The summed E-state index contributed by atoms with van der Waals surface area (Å²) in [6.45, 7) is 1.50. The minimum Gasteiger partial charge on any atom is -0.316 e. The van der Waals surface area contributed by atoms with Gasteiger partial charge in [0.2, 0.25) is 5.91 Å². The van der Waals surface area contributed by atoms with E-state index in [-0.39, 0.29) is 11.8 Å². The molecule has 2 aromatic carbocycles. The Bertz CT molecular complexity index is 681. The van der Waals surface area contributed by atoms with Crippen LogP contribution in [0.4, 0.5) is 11.4 Å². The Morgan fingerprint density at radius 3 is 1.73 bits per heavy atom. The summed E-state index contributed by atoms with van der Waals surface area (Å²) in [5, 5.41) is 0.593. The van der Waals surface area contributed by atoms with Crippen molar-refractivity contribution in [1.82, 2.24) is 0 Å². The van der Waals surface area contributed by atoms with Gasteiger partial charge in [0.15, 0.2) is 0 Å². The summed E-state index contributed by atoms with van der Waals surface area (Å²) < 4.78 is 0. The molecule has 0 aliphatic carbocycles. The van der Waals surface area contributed by atoms with Crippen molar-refractivity contribution in [2.75, 3.05) is 23.9 Å².